The zero-order chi connectivity index (χ0) is 17.8. The largest absolute Gasteiger partial charge is 0.475 e. The van der Waals surface area contributed by atoms with E-state index < -0.39 is 13.1 Å². The third-order valence-corrected chi connectivity index (χ3v) is 5.30. The summed E-state index contributed by atoms with van der Waals surface area (Å²) < 4.78 is 0. The highest BCUT2D eigenvalue weighted by molar-refractivity contribution is 6.43. The van der Waals surface area contributed by atoms with Crippen molar-refractivity contribution in [3.8, 4) is 0 Å². The fraction of sp³-hybridized carbons (Fsp3) is 0.611. The second kappa shape index (κ2) is 8.32. The Balaban J connectivity index is 1.48. The van der Waals surface area contributed by atoms with Gasteiger partial charge in [-0.1, -0.05) is 30.3 Å². The molecule has 0 bridgehead atoms. The minimum absolute atomic E-state index is 0.0305. The van der Waals surface area contributed by atoms with Gasteiger partial charge in [-0.15, -0.1) is 0 Å². The third-order valence-electron chi connectivity index (χ3n) is 5.30. The van der Waals surface area contributed by atoms with Gasteiger partial charge in [0.25, 0.3) is 0 Å². The highest BCUT2D eigenvalue weighted by Gasteiger charge is 2.38. The van der Waals surface area contributed by atoms with Gasteiger partial charge < -0.3 is 20.3 Å². The standard InChI is InChI=1S/C18H28BN3O3/c1-14(18(23)22-10-5-8-17(22)19(24)25)20-16-9-11-21(13-16)12-15-6-3-2-4-7-15/h2-4,6-7,14,16-17,20,24-25H,5,8-13H2,1H3/t14-,16?,17-/m0/s1. The summed E-state index contributed by atoms with van der Waals surface area (Å²) in [6, 6.07) is 10.4. The van der Waals surface area contributed by atoms with E-state index in [-0.39, 0.29) is 11.9 Å². The van der Waals surface area contributed by atoms with Crippen LogP contribution in [0.2, 0.25) is 0 Å². The minimum atomic E-state index is -1.45. The van der Waals surface area contributed by atoms with Crippen LogP contribution in [0.1, 0.15) is 31.7 Å². The molecule has 2 fully saturated rings. The van der Waals surface area contributed by atoms with E-state index in [9.17, 15) is 14.8 Å². The predicted molar refractivity (Wildman–Crippen MR) is 97.6 cm³/mol. The summed E-state index contributed by atoms with van der Waals surface area (Å²) in [7, 11) is -1.45. The fourth-order valence-electron chi connectivity index (χ4n) is 4.00. The normalized spacial score (nSPS) is 25.3. The molecule has 3 N–H and O–H groups in total. The van der Waals surface area contributed by atoms with Gasteiger partial charge in [0.2, 0.25) is 5.91 Å². The van der Waals surface area contributed by atoms with Crippen LogP contribution >= 0.6 is 0 Å². The van der Waals surface area contributed by atoms with Gasteiger partial charge in [0, 0.05) is 32.2 Å². The lowest BCUT2D eigenvalue weighted by atomic mass is 9.78. The highest BCUT2D eigenvalue weighted by Crippen LogP contribution is 2.20. The first-order valence-electron chi connectivity index (χ1n) is 9.23. The van der Waals surface area contributed by atoms with Crippen molar-refractivity contribution in [1.82, 2.24) is 15.1 Å². The molecule has 25 heavy (non-hydrogen) atoms. The number of amides is 1. The quantitative estimate of drug-likeness (QED) is 0.644. The van der Waals surface area contributed by atoms with Crippen molar-refractivity contribution in [2.45, 2.75) is 50.8 Å². The number of rotatable bonds is 6. The summed E-state index contributed by atoms with van der Waals surface area (Å²) in [5.74, 6) is -0.494. The fourth-order valence-corrected chi connectivity index (χ4v) is 4.00. The maximum atomic E-state index is 12.6. The molecule has 0 aliphatic carbocycles. The second-order valence-electron chi connectivity index (χ2n) is 7.25. The van der Waals surface area contributed by atoms with Gasteiger partial charge >= 0.3 is 7.12 Å². The summed E-state index contributed by atoms with van der Waals surface area (Å²) in [5, 5.41) is 22.3. The van der Waals surface area contributed by atoms with Crippen LogP contribution in [0.4, 0.5) is 0 Å². The van der Waals surface area contributed by atoms with Crippen LogP contribution in [0.25, 0.3) is 0 Å². The maximum absolute atomic E-state index is 12.6. The van der Waals surface area contributed by atoms with Crippen LogP contribution in [-0.4, -0.2) is 70.5 Å². The number of carbonyl (C=O) groups excluding carboxylic acids is 1. The van der Waals surface area contributed by atoms with Crippen LogP contribution in [0, 0.1) is 0 Å². The van der Waals surface area contributed by atoms with Crippen molar-refractivity contribution in [3.63, 3.8) is 0 Å². The van der Waals surface area contributed by atoms with Gasteiger partial charge in [0.15, 0.2) is 0 Å². The molecule has 0 saturated carbocycles. The Bertz CT molecular complexity index is 572. The van der Waals surface area contributed by atoms with Gasteiger partial charge in [-0.2, -0.15) is 0 Å². The molecular weight excluding hydrogens is 317 g/mol. The Kier molecular flexibility index (Phi) is 6.12. The Morgan fingerprint density at radius 1 is 1.28 bits per heavy atom. The van der Waals surface area contributed by atoms with Crippen LogP contribution in [0.5, 0.6) is 0 Å². The molecule has 3 rings (SSSR count). The molecule has 1 unspecified atom stereocenters. The number of carbonyl (C=O) groups is 1. The van der Waals surface area contributed by atoms with Crippen molar-refractivity contribution in [2.24, 2.45) is 0 Å². The zero-order valence-corrected chi connectivity index (χ0v) is 14.8. The van der Waals surface area contributed by atoms with Crippen molar-refractivity contribution in [3.05, 3.63) is 35.9 Å². The Labute approximate surface area is 150 Å². The molecule has 1 aromatic rings. The molecule has 7 heteroatoms. The van der Waals surface area contributed by atoms with Gasteiger partial charge in [0.1, 0.15) is 0 Å². The summed E-state index contributed by atoms with van der Waals surface area (Å²) in [6.07, 6.45) is 2.51. The molecule has 2 aliphatic heterocycles. The first kappa shape index (κ1) is 18.4. The first-order chi connectivity index (χ1) is 12.0. The molecule has 3 atom stereocenters. The van der Waals surface area contributed by atoms with E-state index in [1.165, 1.54) is 5.56 Å². The number of nitrogens with one attached hydrogen (secondary N) is 1. The predicted octanol–water partition coefficient (Wildman–Crippen LogP) is 0.242. The van der Waals surface area contributed by atoms with Gasteiger partial charge in [-0.05, 0) is 31.7 Å². The summed E-state index contributed by atoms with van der Waals surface area (Å²) in [5.41, 5.74) is 1.31. The summed E-state index contributed by atoms with van der Waals surface area (Å²) >= 11 is 0. The topological polar surface area (TPSA) is 76.0 Å². The Morgan fingerprint density at radius 2 is 2.04 bits per heavy atom. The molecule has 1 amide bonds. The van der Waals surface area contributed by atoms with Crippen molar-refractivity contribution in [2.75, 3.05) is 19.6 Å². The molecule has 0 radical (unpaired) electrons. The van der Waals surface area contributed by atoms with Gasteiger partial charge in [-0.3, -0.25) is 9.69 Å². The molecule has 1 aromatic carbocycles. The monoisotopic (exact) mass is 345 g/mol. The zero-order valence-electron chi connectivity index (χ0n) is 14.8. The number of nitrogens with zero attached hydrogens (tertiary/aromatic N) is 2. The average molecular weight is 345 g/mol. The lowest BCUT2D eigenvalue weighted by molar-refractivity contribution is -0.133. The lowest BCUT2D eigenvalue weighted by Crippen LogP contribution is -2.53. The van der Waals surface area contributed by atoms with E-state index in [4.69, 9.17) is 0 Å². The Hall–Kier alpha value is -1.41. The SMILES string of the molecule is C[C@H](NC1CCN(Cc2ccccc2)C1)C(=O)N1CCC[C@H]1B(O)O. The number of likely N-dealkylation sites (tertiary alicyclic amines) is 2. The number of benzene rings is 1. The summed E-state index contributed by atoms with van der Waals surface area (Å²) in [4.78, 5) is 16.7. The van der Waals surface area contributed by atoms with Gasteiger partial charge in [-0.25, -0.2) is 0 Å². The second-order valence-corrected chi connectivity index (χ2v) is 7.25. The first-order valence-corrected chi connectivity index (χ1v) is 9.23. The Morgan fingerprint density at radius 3 is 2.76 bits per heavy atom. The molecule has 0 spiro atoms. The average Bonchev–Trinajstić information content (AvgIpc) is 3.24. The molecule has 0 aromatic heterocycles. The molecule has 2 aliphatic rings. The van der Waals surface area contributed by atoms with E-state index >= 15 is 0 Å². The lowest BCUT2D eigenvalue weighted by Gasteiger charge is -2.28. The van der Waals surface area contributed by atoms with Crippen molar-refractivity contribution in [1.29, 1.82) is 0 Å². The maximum Gasteiger partial charge on any atom is 0.475 e. The van der Waals surface area contributed by atoms with Crippen LogP contribution in [-0.2, 0) is 11.3 Å². The van der Waals surface area contributed by atoms with E-state index in [0.717, 1.165) is 32.5 Å². The van der Waals surface area contributed by atoms with E-state index in [1.807, 2.05) is 13.0 Å². The van der Waals surface area contributed by atoms with E-state index in [0.29, 0.717) is 19.0 Å². The van der Waals surface area contributed by atoms with Crippen LogP contribution < -0.4 is 5.32 Å². The van der Waals surface area contributed by atoms with Crippen molar-refractivity contribution < 1.29 is 14.8 Å². The number of hydrogen-bond donors (Lipinski definition) is 3. The van der Waals surface area contributed by atoms with Crippen LogP contribution in [0.15, 0.2) is 30.3 Å². The third kappa shape index (κ3) is 4.61. The molecule has 2 saturated heterocycles. The molecule has 6 nitrogen and oxygen atoms in total. The molecule has 136 valence electrons. The van der Waals surface area contributed by atoms with E-state index in [2.05, 4.69) is 34.5 Å². The highest BCUT2D eigenvalue weighted by atomic mass is 16.4. The van der Waals surface area contributed by atoms with Crippen molar-refractivity contribution >= 4 is 13.0 Å². The van der Waals surface area contributed by atoms with E-state index in [1.54, 1.807) is 4.90 Å². The minimum Gasteiger partial charge on any atom is -0.426 e. The summed E-state index contributed by atoms with van der Waals surface area (Å²) in [6.45, 7) is 5.37. The van der Waals surface area contributed by atoms with Crippen LogP contribution in [0.3, 0.4) is 0 Å². The molecule has 2 heterocycles. The number of hydrogen-bond acceptors (Lipinski definition) is 5. The molecular formula is C18H28BN3O3. The van der Waals surface area contributed by atoms with Gasteiger partial charge in [0.05, 0.1) is 12.0 Å². The smallest absolute Gasteiger partial charge is 0.426 e.